The smallest absolute Gasteiger partial charge is 0.225 e. The van der Waals surface area contributed by atoms with Crippen molar-refractivity contribution in [1.29, 1.82) is 0 Å². The zero-order chi connectivity index (χ0) is 14.0. The Morgan fingerprint density at radius 2 is 1.79 bits per heavy atom. The van der Waals surface area contributed by atoms with E-state index in [-0.39, 0.29) is 5.41 Å². The fourth-order valence-corrected chi connectivity index (χ4v) is 3.71. The minimum Gasteiger partial charge on any atom is -0.367 e. The number of rotatable bonds is 5. The Bertz CT molecular complexity index is 414. The van der Waals surface area contributed by atoms with Crippen molar-refractivity contribution in [3.63, 3.8) is 0 Å². The predicted octanol–water partition coefficient (Wildman–Crippen LogP) is 4.31. The van der Waals surface area contributed by atoms with Crippen LogP contribution >= 0.6 is 0 Å². The fraction of sp³-hybridized carbons (Fsp3) is 0.812. The summed E-state index contributed by atoms with van der Waals surface area (Å²) >= 11 is 0. The zero-order valence-electron chi connectivity index (χ0n) is 12.8. The van der Waals surface area contributed by atoms with Crippen LogP contribution in [-0.2, 0) is 11.8 Å². The van der Waals surface area contributed by atoms with Crippen LogP contribution in [0.15, 0.2) is 4.52 Å². The highest BCUT2D eigenvalue weighted by atomic mass is 16.5. The molecule has 0 spiro atoms. The molecule has 1 heterocycles. The molecule has 1 aromatic heterocycles. The molecule has 0 radical (unpaired) electrons. The molecule has 0 aliphatic heterocycles. The van der Waals surface area contributed by atoms with Gasteiger partial charge in [0.15, 0.2) is 0 Å². The van der Waals surface area contributed by atoms with Crippen LogP contribution in [0.3, 0.4) is 0 Å². The lowest BCUT2D eigenvalue weighted by atomic mass is 9.74. The van der Waals surface area contributed by atoms with Crippen LogP contribution in [0, 0.1) is 11.8 Å². The molecule has 1 aliphatic carbocycles. The van der Waals surface area contributed by atoms with E-state index in [4.69, 9.17) is 10.3 Å². The maximum absolute atomic E-state index is 6.02. The van der Waals surface area contributed by atoms with Gasteiger partial charge in [0.05, 0.1) is 5.69 Å². The second-order valence-electron chi connectivity index (χ2n) is 7.06. The van der Waals surface area contributed by atoms with Crippen LogP contribution in [0.1, 0.15) is 71.1 Å². The van der Waals surface area contributed by atoms with E-state index in [9.17, 15) is 0 Å². The fourth-order valence-electron chi connectivity index (χ4n) is 3.71. The van der Waals surface area contributed by atoms with Crippen molar-refractivity contribution in [2.24, 2.45) is 11.8 Å². The average Bonchev–Trinajstić information content (AvgIpc) is 2.87. The Morgan fingerprint density at radius 3 is 2.32 bits per heavy atom. The summed E-state index contributed by atoms with van der Waals surface area (Å²) in [6.07, 6.45) is 7.26. The van der Waals surface area contributed by atoms with Gasteiger partial charge >= 0.3 is 0 Å². The van der Waals surface area contributed by atoms with E-state index in [1.54, 1.807) is 0 Å². The van der Waals surface area contributed by atoms with Gasteiger partial charge in [-0.2, -0.15) is 0 Å². The van der Waals surface area contributed by atoms with Gasteiger partial charge < -0.3 is 10.3 Å². The highest BCUT2D eigenvalue weighted by Crippen LogP contribution is 2.47. The van der Waals surface area contributed by atoms with E-state index in [1.807, 2.05) is 0 Å². The van der Waals surface area contributed by atoms with Crippen LogP contribution in [0.2, 0.25) is 0 Å². The molecule has 0 saturated heterocycles. The van der Waals surface area contributed by atoms with Crippen LogP contribution in [0.5, 0.6) is 0 Å². The van der Waals surface area contributed by atoms with Crippen molar-refractivity contribution in [3.05, 3.63) is 11.3 Å². The van der Waals surface area contributed by atoms with Crippen molar-refractivity contribution < 1.29 is 4.52 Å². The molecule has 0 amide bonds. The molecule has 0 bridgehead atoms. The lowest BCUT2D eigenvalue weighted by molar-refractivity contribution is 0.314. The van der Waals surface area contributed by atoms with Crippen molar-refractivity contribution in [2.75, 3.05) is 5.73 Å². The van der Waals surface area contributed by atoms with Crippen molar-refractivity contribution >= 4 is 5.88 Å². The van der Waals surface area contributed by atoms with E-state index in [1.165, 1.54) is 43.4 Å². The molecule has 3 heteroatoms. The minimum absolute atomic E-state index is 0.222. The largest absolute Gasteiger partial charge is 0.367 e. The van der Waals surface area contributed by atoms with Gasteiger partial charge in [-0.05, 0) is 37.5 Å². The molecule has 0 aromatic carbocycles. The third kappa shape index (κ3) is 2.96. The van der Waals surface area contributed by atoms with E-state index in [0.29, 0.717) is 17.7 Å². The van der Waals surface area contributed by atoms with E-state index in [0.717, 1.165) is 6.42 Å². The van der Waals surface area contributed by atoms with Gasteiger partial charge in [-0.3, -0.25) is 0 Å². The number of nitrogen functional groups attached to an aromatic ring is 1. The highest BCUT2D eigenvalue weighted by Gasteiger charge is 2.41. The Hall–Kier alpha value is -0.990. The van der Waals surface area contributed by atoms with Crippen molar-refractivity contribution in [3.8, 4) is 0 Å². The molecule has 3 nitrogen and oxygen atoms in total. The van der Waals surface area contributed by atoms with Gasteiger partial charge in [0.1, 0.15) is 0 Å². The third-order valence-corrected chi connectivity index (χ3v) is 4.29. The topological polar surface area (TPSA) is 52.0 Å². The second-order valence-corrected chi connectivity index (χ2v) is 7.06. The SMILES string of the molecule is CC(C)Cc1c(C2(CC(C)C)CCCC2)noc1N. The van der Waals surface area contributed by atoms with Crippen molar-refractivity contribution in [1.82, 2.24) is 5.16 Å². The van der Waals surface area contributed by atoms with Gasteiger partial charge in [0.25, 0.3) is 0 Å². The molecular weight excluding hydrogens is 236 g/mol. The lowest BCUT2D eigenvalue weighted by Gasteiger charge is -2.30. The first kappa shape index (κ1) is 14.4. The van der Waals surface area contributed by atoms with E-state index >= 15 is 0 Å². The lowest BCUT2D eigenvalue weighted by Crippen LogP contribution is -2.26. The maximum Gasteiger partial charge on any atom is 0.225 e. The normalized spacial score (nSPS) is 18.6. The second kappa shape index (κ2) is 5.56. The molecule has 1 saturated carbocycles. The average molecular weight is 264 g/mol. The first-order valence-electron chi connectivity index (χ1n) is 7.69. The molecule has 1 aliphatic rings. The standard InChI is InChI=1S/C16H28N2O/c1-11(2)9-13-14(18-19-15(13)17)16(10-12(3)4)7-5-6-8-16/h11-12H,5-10,17H2,1-4H3. The Balaban J connectivity index is 2.37. The van der Waals surface area contributed by atoms with Gasteiger partial charge in [0.2, 0.25) is 5.88 Å². The summed E-state index contributed by atoms with van der Waals surface area (Å²) in [5.41, 5.74) is 8.59. The Morgan fingerprint density at radius 1 is 1.16 bits per heavy atom. The van der Waals surface area contributed by atoms with Gasteiger partial charge in [0, 0.05) is 11.0 Å². The molecule has 1 aromatic rings. The summed E-state index contributed by atoms with van der Waals surface area (Å²) in [5, 5.41) is 4.38. The molecule has 108 valence electrons. The molecule has 1 fully saturated rings. The number of hydrogen-bond acceptors (Lipinski definition) is 3. The molecular formula is C16H28N2O. The molecule has 2 rings (SSSR count). The molecule has 0 atom stereocenters. The number of anilines is 1. The first-order valence-corrected chi connectivity index (χ1v) is 7.69. The zero-order valence-corrected chi connectivity index (χ0v) is 12.8. The van der Waals surface area contributed by atoms with E-state index < -0.39 is 0 Å². The predicted molar refractivity (Wildman–Crippen MR) is 79.1 cm³/mol. The number of aromatic nitrogens is 1. The van der Waals surface area contributed by atoms with Crippen LogP contribution in [0.4, 0.5) is 5.88 Å². The summed E-state index contributed by atoms with van der Waals surface area (Å²) in [7, 11) is 0. The van der Waals surface area contributed by atoms with Crippen LogP contribution in [-0.4, -0.2) is 5.16 Å². The summed E-state index contributed by atoms with van der Waals surface area (Å²) in [6, 6.07) is 0. The summed E-state index contributed by atoms with van der Waals surface area (Å²) < 4.78 is 5.34. The van der Waals surface area contributed by atoms with E-state index in [2.05, 4.69) is 32.9 Å². The van der Waals surface area contributed by atoms with Gasteiger partial charge in [-0.25, -0.2) is 0 Å². The van der Waals surface area contributed by atoms with Crippen LogP contribution in [0.25, 0.3) is 0 Å². The first-order chi connectivity index (χ1) is 8.94. The van der Waals surface area contributed by atoms with Gasteiger partial charge in [-0.15, -0.1) is 0 Å². The number of nitrogens with two attached hydrogens (primary N) is 1. The monoisotopic (exact) mass is 264 g/mol. The number of hydrogen-bond donors (Lipinski definition) is 1. The van der Waals surface area contributed by atoms with Crippen molar-refractivity contribution in [2.45, 2.75) is 71.6 Å². The minimum atomic E-state index is 0.222. The third-order valence-electron chi connectivity index (χ3n) is 4.29. The number of nitrogens with zero attached hydrogens (tertiary/aromatic N) is 1. The summed E-state index contributed by atoms with van der Waals surface area (Å²) in [4.78, 5) is 0. The molecule has 2 N–H and O–H groups in total. The Kier molecular flexibility index (Phi) is 4.22. The summed E-state index contributed by atoms with van der Waals surface area (Å²) in [5.74, 6) is 1.81. The highest BCUT2D eigenvalue weighted by molar-refractivity contribution is 5.43. The quantitative estimate of drug-likeness (QED) is 0.862. The van der Waals surface area contributed by atoms with Crippen LogP contribution < -0.4 is 5.73 Å². The maximum atomic E-state index is 6.02. The summed E-state index contributed by atoms with van der Waals surface area (Å²) in [6.45, 7) is 9.04. The molecule has 0 unspecified atom stereocenters. The Labute approximate surface area is 116 Å². The molecule has 19 heavy (non-hydrogen) atoms. The van der Waals surface area contributed by atoms with Gasteiger partial charge in [-0.1, -0.05) is 45.7 Å².